The molecule has 3 aliphatic rings. The van der Waals surface area contributed by atoms with Crippen molar-refractivity contribution < 1.29 is 31.7 Å². The molecule has 2 aromatic rings. The van der Waals surface area contributed by atoms with Gasteiger partial charge >= 0.3 is 365 Å². The summed E-state index contributed by atoms with van der Waals surface area (Å²) >= 11 is -5.66. The first-order valence-electron chi connectivity index (χ1n) is 25.0. The maximum absolute atomic E-state index is 2.87. The van der Waals surface area contributed by atoms with Gasteiger partial charge in [-0.25, -0.2) is 0 Å². The normalized spacial score (nSPS) is 19.3. The average molecular weight is 863 g/mol. The molecule has 0 bridgehead atoms. The molecule has 0 N–H and O–H groups in total. The van der Waals surface area contributed by atoms with E-state index in [0.717, 1.165) is 8.45 Å². The zero-order valence-electron chi connectivity index (χ0n) is 40.2. The van der Waals surface area contributed by atoms with Gasteiger partial charge in [0.1, 0.15) is 0 Å². The van der Waals surface area contributed by atoms with Gasteiger partial charge in [-0.15, -0.1) is 0 Å². The molecule has 0 nitrogen and oxygen atoms in total. The van der Waals surface area contributed by atoms with Crippen molar-refractivity contribution in [2.75, 3.05) is 0 Å². The zero-order valence-corrected chi connectivity index (χ0v) is 44.3. The molecule has 1 heterocycles. The van der Waals surface area contributed by atoms with E-state index >= 15 is 0 Å². The summed E-state index contributed by atoms with van der Waals surface area (Å²) in [7, 11) is 0. The Labute approximate surface area is 361 Å². The van der Waals surface area contributed by atoms with Crippen LogP contribution >= 0.6 is 0 Å². The van der Waals surface area contributed by atoms with Gasteiger partial charge in [-0.05, 0) is 0 Å². The van der Waals surface area contributed by atoms with E-state index in [2.05, 4.69) is 133 Å². The Kier molecular flexibility index (Phi) is 17.2. The van der Waals surface area contributed by atoms with Crippen molar-refractivity contribution >= 4 is 16.0 Å². The summed E-state index contributed by atoms with van der Waals surface area (Å²) in [5.41, 5.74) is 17.6. The van der Waals surface area contributed by atoms with Gasteiger partial charge in [-0.2, -0.15) is 0 Å². The average Bonchev–Trinajstić information content (AvgIpc) is 3.94. The van der Waals surface area contributed by atoms with Gasteiger partial charge in [0, 0.05) is 0 Å². The van der Waals surface area contributed by atoms with E-state index in [1.165, 1.54) is 64.2 Å². The third kappa shape index (κ3) is 8.80. The number of fused-ring (bicyclic) bond motifs is 2. The molecule has 1 saturated heterocycles. The molecule has 0 radical (unpaired) electrons. The van der Waals surface area contributed by atoms with Crippen molar-refractivity contribution in [2.45, 2.75) is 237 Å². The van der Waals surface area contributed by atoms with E-state index in [9.17, 15) is 0 Å². The molecule has 57 heavy (non-hydrogen) atoms. The van der Waals surface area contributed by atoms with Crippen molar-refractivity contribution in [3.05, 3.63) is 79.9 Å². The van der Waals surface area contributed by atoms with Crippen LogP contribution in [0.1, 0.15) is 251 Å². The number of allylic oxidation sites excluding steroid dienone is 2. The van der Waals surface area contributed by atoms with E-state index < -0.39 is 35.5 Å². The predicted octanol–water partition coefficient (Wildman–Crippen LogP) is 19.0. The van der Waals surface area contributed by atoms with Crippen LogP contribution < -0.4 is 0 Å². The first-order chi connectivity index (χ1) is 27.3. The molecule has 2 aromatic carbocycles. The molecule has 2 aliphatic carbocycles. The van der Waals surface area contributed by atoms with Gasteiger partial charge in [-0.3, -0.25) is 0 Å². The van der Waals surface area contributed by atoms with Crippen LogP contribution in [-0.2, 0) is 31.7 Å². The molecule has 2 atom stereocenters. The van der Waals surface area contributed by atoms with Crippen LogP contribution in [0.3, 0.4) is 0 Å². The molecule has 0 amide bonds. The van der Waals surface area contributed by atoms with Crippen LogP contribution in [0.4, 0.5) is 0 Å². The SMILES string of the molecule is CCC[CH2][Ti]([CH2]CCC)([CH]1C(CC)=Cc2c(C(C)C)cc(C(C)C)cc21)[Si]1([Ti]([CH2]CCC)([CH2]CCC)[CH]2C(CC)=Cc3c(C(C)C)cc(C(C)C)cc32)CCCC1. The summed E-state index contributed by atoms with van der Waals surface area (Å²) in [5, 5.41) is 0. The van der Waals surface area contributed by atoms with Gasteiger partial charge in [0.05, 0.1) is 0 Å². The molecular formula is C54H90SiTi2. The fourth-order valence-corrected chi connectivity index (χ4v) is 107. The van der Waals surface area contributed by atoms with E-state index in [0.29, 0.717) is 23.7 Å². The van der Waals surface area contributed by atoms with Crippen molar-refractivity contribution in [1.29, 1.82) is 0 Å². The summed E-state index contributed by atoms with van der Waals surface area (Å²) < 4.78 is 6.50. The molecule has 318 valence electrons. The van der Waals surface area contributed by atoms with E-state index in [1.807, 2.05) is 22.3 Å². The van der Waals surface area contributed by atoms with Gasteiger partial charge in [0.2, 0.25) is 0 Å². The third-order valence-electron chi connectivity index (χ3n) is 16.3. The van der Waals surface area contributed by atoms with Crippen LogP contribution in [0.25, 0.3) is 12.2 Å². The van der Waals surface area contributed by atoms with Crippen LogP contribution in [0.5, 0.6) is 0 Å². The Morgan fingerprint density at radius 3 is 1.09 bits per heavy atom. The first kappa shape index (κ1) is 47.6. The van der Waals surface area contributed by atoms with E-state index in [1.54, 1.807) is 77.2 Å². The molecule has 1 aliphatic heterocycles. The molecule has 3 heteroatoms. The Balaban J connectivity index is 1.98. The van der Waals surface area contributed by atoms with Crippen molar-refractivity contribution in [3.63, 3.8) is 0 Å². The molecule has 0 aromatic heterocycles. The van der Waals surface area contributed by atoms with Crippen LogP contribution in [-0.4, -0.2) is 3.81 Å². The Hall–Kier alpha value is -0.435. The third-order valence-corrected chi connectivity index (χ3v) is 84.2. The fraction of sp³-hybridized carbons (Fsp3) is 0.704. The van der Waals surface area contributed by atoms with Crippen molar-refractivity contribution in [3.8, 4) is 0 Å². The molecule has 2 unspecified atom stereocenters. The minimum atomic E-state index is -2.83. The number of unbranched alkanes of at least 4 members (excludes halogenated alkanes) is 4. The predicted molar refractivity (Wildman–Crippen MR) is 255 cm³/mol. The molecular weight excluding hydrogens is 772 g/mol. The summed E-state index contributed by atoms with van der Waals surface area (Å²) in [6.07, 6.45) is 22.9. The van der Waals surface area contributed by atoms with E-state index in [-0.39, 0.29) is 0 Å². The second-order valence-electron chi connectivity index (χ2n) is 20.9. The number of hydrogen-bond acceptors (Lipinski definition) is 0. The summed E-state index contributed by atoms with van der Waals surface area (Å²) in [6, 6.07) is 14.5. The second-order valence-corrected chi connectivity index (χ2v) is 57.0. The zero-order chi connectivity index (χ0) is 41.7. The van der Waals surface area contributed by atoms with Crippen LogP contribution in [0.15, 0.2) is 35.4 Å². The second kappa shape index (κ2) is 20.6. The Morgan fingerprint density at radius 1 is 0.491 bits per heavy atom. The van der Waals surface area contributed by atoms with Crippen LogP contribution in [0.2, 0.25) is 31.0 Å². The molecule has 0 saturated carbocycles. The molecule has 1 fully saturated rings. The summed E-state index contributed by atoms with van der Waals surface area (Å²) in [5.74, 6) is 2.29. The number of benzene rings is 2. The standard InChI is InChI=1S/2C17H23.C4H8Si.4C4H9.2Ti/c2*1-6-13-7-15-9-14(11(2)3)10-16(12(4)5)17(15)8-13;1-2-4-5-3-1;4*1-3-4-2;;/h2*7-12H,6H2,1-5H3;1-4H2;4*1,3-4H2,2H3;;. The van der Waals surface area contributed by atoms with Gasteiger partial charge in [0.15, 0.2) is 0 Å². The summed E-state index contributed by atoms with van der Waals surface area (Å²) in [4.78, 5) is 0. The Morgan fingerprint density at radius 2 is 0.825 bits per heavy atom. The quantitative estimate of drug-likeness (QED) is 0.103. The van der Waals surface area contributed by atoms with Gasteiger partial charge in [-0.1, -0.05) is 0 Å². The monoisotopic (exact) mass is 863 g/mol. The fourth-order valence-electron chi connectivity index (χ4n) is 13.5. The van der Waals surface area contributed by atoms with Crippen molar-refractivity contribution in [2.24, 2.45) is 0 Å². The van der Waals surface area contributed by atoms with Gasteiger partial charge < -0.3 is 0 Å². The summed E-state index contributed by atoms with van der Waals surface area (Å²) in [6.45, 7) is 35.2. The maximum atomic E-state index is 2.87. The van der Waals surface area contributed by atoms with Crippen LogP contribution in [0, 0.1) is 0 Å². The van der Waals surface area contributed by atoms with E-state index in [4.69, 9.17) is 0 Å². The molecule has 0 spiro atoms. The van der Waals surface area contributed by atoms with Crippen molar-refractivity contribution in [1.82, 2.24) is 0 Å². The molecule has 5 rings (SSSR count). The Bertz CT molecular complexity index is 1560. The van der Waals surface area contributed by atoms with Gasteiger partial charge in [0.25, 0.3) is 0 Å². The first-order valence-corrected chi connectivity index (χ1v) is 38.4. The number of hydrogen-bond donors (Lipinski definition) is 0. The minimum absolute atomic E-state index is 0.569. The topological polar surface area (TPSA) is 0 Å². The number of rotatable bonds is 22.